The van der Waals surface area contributed by atoms with Crippen LogP contribution in [0.4, 0.5) is 5.69 Å². The SMILES string of the molecule is COc1cccc(NC(=O)C(c2cccc(-n3c(=O)c4c(C)onc4c4c(Cl)cccc43)n2)C(C(=O)O)c2cccc(-n3c(=O)c4c(C)onc4c4c(Cl)cccc43)n2)c1. The van der Waals surface area contributed by atoms with Crippen LogP contribution in [0, 0.1) is 13.8 Å². The van der Waals surface area contributed by atoms with Gasteiger partial charge >= 0.3 is 5.97 Å². The number of halogens is 2. The van der Waals surface area contributed by atoms with E-state index in [1.54, 1.807) is 86.6 Å². The molecule has 2 N–H and O–H groups in total. The molecule has 0 aliphatic carbocycles. The molecule has 60 heavy (non-hydrogen) atoms. The number of aromatic nitrogens is 6. The molecule has 2 unspecified atom stereocenters. The number of aryl methyl sites for hydroxylation is 2. The van der Waals surface area contributed by atoms with Gasteiger partial charge in [0.2, 0.25) is 5.91 Å². The molecular weight excluding hydrogens is 813 g/mol. The first kappa shape index (κ1) is 38.2. The van der Waals surface area contributed by atoms with E-state index in [0.29, 0.717) is 43.3 Å². The molecule has 0 aliphatic heterocycles. The zero-order valence-corrected chi connectivity index (χ0v) is 33.1. The Labute approximate surface area is 347 Å². The van der Waals surface area contributed by atoms with Crippen molar-refractivity contribution in [2.24, 2.45) is 0 Å². The number of aliphatic carboxylic acids is 1. The molecule has 0 saturated carbocycles. The number of amides is 1. The number of hydrogen-bond donors (Lipinski definition) is 2. The van der Waals surface area contributed by atoms with Gasteiger partial charge < -0.3 is 24.2 Å². The van der Waals surface area contributed by atoms with E-state index in [2.05, 4.69) is 15.6 Å². The predicted octanol–water partition coefficient (Wildman–Crippen LogP) is 7.89. The van der Waals surface area contributed by atoms with Crippen molar-refractivity contribution in [2.45, 2.75) is 25.7 Å². The van der Waals surface area contributed by atoms with Crippen LogP contribution in [0.3, 0.4) is 0 Å². The van der Waals surface area contributed by atoms with Crippen molar-refractivity contribution in [3.05, 3.63) is 151 Å². The van der Waals surface area contributed by atoms with Crippen LogP contribution in [0.5, 0.6) is 5.75 Å². The van der Waals surface area contributed by atoms with Crippen LogP contribution in [-0.4, -0.2) is 53.5 Å². The molecule has 0 radical (unpaired) electrons. The molecule has 0 spiro atoms. The first-order valence-electron chi connectivity index (χ1n) is 18.3. The summed E-state index contributed by atoms with van der Waals surface area (Å²) in [6.45, 7) is 3.19. The maximum absolute atomic E-state index is 14.7. The lowest BCUT2D eigenvalue weighted by molar-refractivity contribution is -0.141. The van der Waals surface area contributed by atoms with Crippen molar-refractivity contribution in [3.8, 4) is 17.4 Å². The summed E-state index contributed by atoms with van der Waals surface area (Å²) in [7, 11) is 1.47. The van der Waals surface area contributed by atoms with Gasteiger partial charge in [-0.05, 0) is 74.5 Å². The van der Waals surface area contributed by atoms with Crippen LogP contribution >= 0.6 is 23.2 Å². The predicted molar refractivity (Wildman–Crippen MR) is 224 cm³/mol. The minimum absolute atomic E-state index is 0.0207. The summed E-state index contributed by atoms with van der Waals surface area (Å²) in [6, 6.07) is 25.6. The minimum atomic E-state index is -1.71. The van der Waals surface area contributed by atoms with Gasteiger partial charge in [0.1, 0.15) is 56.6 Å². The molecule has 9 rings (SSSR count). The Morgan fingerprint density at radius 1 is 0.683 bits per heavy atom. The summed E-state index contributed by atoms with van der Waals surface area (Å²) >= 11 is 13.3. The standard InChI is InChI=1S/C43H29Cl2N7O8/c1-20-32-38(49-59-20)34-24(44)11-5-15-28(34)51(41(32)54)30-17-7-13-26(47-30)36(40(53)46-22-9-4-10-23(19-22)58-3)37(43(56)57)27-14-8-18-31(48-27)52-29-16-6-12-25(45)35(29)39-33(42(52)55)21(2)60-50-39/h4-19,36-37H,1-3H3,(H,46,53)(H,56,57). The van der Waals surface area contributed by atoms with Crippen LogP contribution in [0.25, 0.3) is 55.2 Å². The zero-order chi connectivity index (χ0) is 42.0. The Kier molecular flexibility index (Phi) is 9.41. The number of carbonyl (C=O) groups excluding carboxylic acids is 1. The Morgan fingerprint density at radius 2 is 1.17 bits per heavy atom. The Bertz CT molecular complexity index is 3370. The van der Waals surface area contributed by atoms with Gasteiger partial charge in [-0.2, -0.15) is 0 Å². The maximum Gasteiger partial charge on any atom is 0.313 e. The molecule has 0 bridgehead atoms. The fraction of sp³-hybridized carbons (Fsp3) is 0.116. The minimum Gasteiger partial charge on any atom is -0.497 e. The fourth-order valence-electron chi connectivity index (χ4n) is 7.65. The van der Waals surface area contributed by atoms with Crippen LogP contribution in [0.1, 0.15) is 34.7 Å². The third-order valence-corrected chi connectivity index (χ3v) is 11.0. The van der Waals surface area contributed by atoms with Gasteiger partial charge in [0.25, 0.3) is 11.1 Å². The van der Waals surface area contributed by atoms with Gasteiger partial charge in [0, 0.05) is 22.5 Å². The van der Waals surface area contributed by atoms with E-state index in [1.165, 1.54) is 40.5 Å². The van der Waals surface area contributed by atoms with E-state index in [-0.39, 0.29) is 56.3 Å². The quantitative estimate of drug-likeness (QED) is 0.143. The number of rotatable bonds is 9. The third-order valence-electron chi connectivity index (χ3n) is 10.3. The number of pyridine rings is 4. The van der Waals surface area contributed by atoms with Gasteiger partial charge in [0.15, 0.2) is 0 Å². The second-order valence-corrected chi connectivity index (χ2v) is 14.6. The Morgan fingerprint density at radius 3 is 1.67 bits per heavy atom. The number of methoxy groups -OCH3 is 1. The van der Waals surface area contributed by atoms with Crippen molar-refractivity contribution in [1.29, 1.82) is 0 Å². The third kappa shape index (κ3) is 6.13. The normalized spacial score (nSPS) is 12.6. The van der Waals surface area contributed by atoms with Crippen LogP contribution in [-0.2, 0) is 9.59 Å². The summed E-state index contributed by atoms with van der Waals surface area (Å²) in [5, 5.41) is 23.9. The number of carboxylic acids is 1. The lowest BCUT2D eigenvalue weighted by atomic mass is 9.85. The molecule has 17 heteroatoms. The lowest BCUT2D eigenvalue weighted by Gasteiger charge is -2.24. The van der Waals surface area contributed by atoms with Gasteiger partial charge in [-0.3, -0.25) is 28.3 Å². The molecule has 0 fully saturated rings. The van der Waals surface area contributed by atoms with E-state index in [9.17, 15) is 24.3 Å². The average molecular weight is 843 g/mol. The summed E-state index contributed by atoms with van der Waals surface area (Å²) in [5.41, 5.74) is 0.361. The monoisotopic (exact) mass is 841 g/mol. The van der Waals surface area contributed by atoms with Gasteiger partial charge in [-0.25, -0.2) is 9.97 Å². The lowest BCUT2D eigenvalue weighted by Crippen LogP contribution is -2.32. The van der Waals surface area contributed by atoms with Gasteiger partial charge in [-0.1, -0.05) is 63.8 Å². The molecule has 6 aromatic heterocycles. The van der Waals surface area contributed by atoms with E-state index in [0.717, 1.165) is 0 Å². The van der Waals surface area contributed by atoms with Crippen molar-refractivity contribution in [3.63, 3.8) is 0 Å². The number of benzene rings is 3. The molecule has 15 nitrogen and oxygen atoms in total. The molecule has 6 heterocycles. The average Bonchev–Trinajstić information content (AvgIpc) is 3.82. The number of anilines is 1. The summed E-state index contributed by atoms with van der Waals surface area (Å²) in [5.74, 6) is -4.46. The van der Waals surface area contributed by atoms with Crippen molar-refractivity contribution < 1.29 is 28.5 Å². The summed E-state index contributed by atoms with van der Waals surface area (Å²) in [4.78, 5) is 66.4. The van der Waals surface area contributed by atoms with E-state index in [4.69, 9.17) is 47.0 Å². The van der Waals surface area contributed by atoms with E-state index in [1.807, 2.05) is 0 Å². The number of ether oxygens (including phenoxy) is 1. The second kappa shape index (κ2) is 14.8. The van der Waals surface area contributed by atoms with Crippen molar-refractivity contribution >= 4 is 84.4 Å². The Balaban J connectivity index is 1.25. The van der Waals surface area contributed by atoms with Crippen molar-refractivity contribution in [2.75, 3.05) is 12.4 Å². The molecule has 0 saturated heterocycles. The number of carboxylic acid groups (broad SMARTS) is 1. The van der Waals surface area contributed by atoms with E-state index >= 15 is 0 Å². The number of fused-ring (bicyclic) bond motifs is 6. The smallest absolute Gasteiger partial charge is 0.313 e. The number of hydrogen-bond acceptors (Lipinski definition) is 11. The topological polar surface area (TPSA) is 197 Å². The molecule has 298 valence electrons. The van der Waals surface area contributed by atoms with Crippen LogP contribution in [0.15, 0.2) is 116 Å². The highest BCUT2D eigenvalue weighted by atomic mass is 35.5. The number of nitrogens with one attached hydrogen (secondary N) is 1. The van der Waals surface area contributed by atoms with Crippen LogP contribution < -0.4 is 21.2 Å². The molecule has 2 atom stereocenters. The highest BCUT2D eigenvalue weighted by Crippen LogP contribution is 2.37. The largest absolute Gasteiger partial charge is 0.497 e. The molecule has 1 amide bonds. The first-order chi connectivity index (χ1) is 29.0. The highest BCUT2D eigenvalue weighted by Gasteiger charge is 2.39. The number of nitrogens with zero attached hydrogens (tertiary/aromatic N) is 6. The first-order valence-corrected chi connectivity index (χ1v) is 19.0. The van der Waals surface area contributed by atoms with Gasteiger partial charge in [0.05, 0.1) is 45.5 Å². The highest BCUT2D eigenvalue weighted by molar-refractivity contribution is 6.38. The van der Waals surface area contributed by atoms with Crippen molar-refractivity contribution in [1.82, 2.24) is 29.4 Å². The zero-order valence-electron chi connectivity index (χ0n) is 31.6. The summed E-state index contributed by atoms with van der Waals surface area (Å²) in [6.07, 6.45) is 0. The molecule has 3 aromatic carbocycles. The maximum atomic E-state index is 14.7. The Hall–Kier alpha value is -7.36. The molecule has 0 aliphatic rings. The second-order valence-electron chi connectivity index (χ2n) is 13.8. The van der Waals surface area contributed by atoms with E-state index < -0.39 is 34.8 Å². The molecule has 9 aromatic rings. The summed E-state index contributed by atoms with van der Waals surface area (Å²) < 4.78 is 18.8. The number of carbonyl (C=O) groups is 2. The fourth-order valence-corrected chi connectivity index (χ4v) is 8.16. The van der Waals surface area contributed by atoms with Crippen LogP contribution in [0.2, 0.25) is 10.0 Å². The molecular formula is C43H29Cl2N7O8. The van der Waals surface area contributed by atoms with Gasteiger partial charge in [-0.15, -0.1) is 0 Å².